The molecule has 0 amide bonds. The van der Waals surface area contributed by atoms with Crippen molar-refractivity contribution in [1.29, 1.82) is 0 Å². The summed E-state index contributed by atoms with van der Waals surface area (Å²) in [5.74, 6) is 0.719. The Kier molecular flexibility index (Phi) is 4.01. The first kappa shape index (κ1) is 13.8. The number of rotatable bonds is 3. The fourth-order valence-corrected chi connectivity index (χ4v) is 2.64. The Morgan fingerprint density at radius 1 is 1.05 bits per heavy atom. The van der Waals surface area contributed by atoms with E-state index in [0.29, 0.717) is 12.1 Å². The molecule has 2 N–H and O–H groups in total. The normalized spacial score (nSPS) is 16.1. The molecule has 5 heteroatoms. The molecule has 0 unspecified atom stereocenters. The first-order chi connectivity index (χ1) is 10.2. The quantitative estimate of drug-likeness (QED) is 0.878. The Morgan fingerprint density at radius 3 is 2.57 bits per heavy atom. The van der Waals surface area contributed by atoms with Crippen LogP contribution in [0.2, 0.25) is 0 Å². The first-order valence-electron chi connectivity index (χ1n) is 7.15. The van der Waals surface area contributed by atoms with E-state index in [2.05, 4.69) is 14.8 Å². The number of piperazine rings is 1. The Bertz CT molecular complexity index is 594. The van der Waals surface area contributed by atoms with E-state index < -0.39 is 0 Å². The highest BCUT2D eigenvalue weighted by molar-refractivity contribution is 5.43. The van der Waals surface area contributed by atoms with Crippen LogP contribution >= 0.6 is 0 Å². The number of benzene rings is 1. The number of nitrogen functional groups attached to an aromatic ring is 1. The van der Waals surface area contributed by atoms with Crippen LogP contribution in [0.4, 0.5) is 15.9 Å². The molecule has 1 saturated heterocycles. The molecule has 0 saturated carbocycles. The fourth-order valence-electron chi connectivity index (χ4n) is 2.64. The van der Waals surface area contributed by atoms with Crippen molar-refractivity contribution in [2.24, 2.45) is 0 Å². The summed E-state index contributed by atoms with van der Waals surface area (Å²) in [5, 5.41) is 0. The number of aromatic nitrogens is 1. The highest BCUT2D eigenvalue weighted by Gasteiger charge is 2.19. The van der Waals surface area contributed by atoms with Gasteiger partial charge in [-0.15, -0.1) is 0 Å². The van der Waals surface area contributed by atoms with Crippen LogP contribution in [0.1, 0.15) is 5.56 Å². The van der Waals surface area contributed by atoms with Gasteiger partial charge in [0.2, 0.25) is 0 Å². The highest BCUT2D eigenvalue weighted by atomic mass is 19.1. The Hall–Kier alpha value is -2.14. The SMILES string of the molecule is Nc1cccc(CN2CCN(c3ccccn3)CC2)c1F. The molecule has 0 bridgehead atoms. The summed E-state index contributed by atoms with van der Waals surface area (Å²) >= 11 is 0. The van der Waals surface area contributed by atoms with E-state index in [0.717, 1.165) is 32.0 Å². The number of anilines is 2. The summed E-state index contributed by atoms with van der Waals surface area (Å²) in [6, 6.07) is 11.1. The molecule has 1 aliphatic rings. The van der Waals surface area contributed by atoms with E-state index >= 15 is 0 Å². The summed E-state index contributed by atoms with van der Waals surface area (Å²) in [6.45, 7) is 4.20. The molecule has 0 atom stereocenters. The van der Waals surface area contributed by atoms with Gasteiger partial charge in [0.15, 0.2) is 5.82 Å². The zero-order valence-corrected chi connectivity index (χ0v) is 11.9. The van der Waals surface area contributed by atoms with E-state index in [4.69, 9.17) is 5.73 Å². The predicted octanol–water partition coefficient (Wildman–Crippen LogP) is 2.13. The minimum Gasteiger partial charge on any atom is -0.396 e. The van der Waals surface area contributed by atoms with Gasteiger partial charge >= 0.3 is 0 Å². The van der Waals surface area contributed by atoms with Crippen LogP contribution in [0.3, 0.4) is 0 Å². The molecule has 110 valence electrons. The highest BCUT2D eigenvalue weighted by Crippen LogP contribution is 2.18. The molecular formula is C16H19FN4. The molecule has 1 fully saturated rings. The van der Waals surface area contributed by atoms with E-state index in [1.54, 1.807) is 18.2 Å². The third-order valence-electron chi connectivity index (χ3n) is 3.85. The summed E-state index contributed by atoms with van der Waals surface area (Å²) in [5.41, 5.74) is 6.50. The lowest BCUT2D eigenvalue weighted by molar-refractivity contribution is 0.246. The topological polar surface area (TPSA) is 45.4 Å². The number of nitrogens with zero attached hydrogens (tertiary/aromatic N) is 3. The molecule has 1 aromatic heterocycles. The molecular weight excluding hydrogens is 267 g/mol. The van der Waals surface area contributed by atoms with E-state index in [9.17, 15) is 4.39 Å². The molecule has 1 aromatic carbocycles. The van der Waals surface area contributed by atoms with E-state index in [-0.39, 0.29) is 11.5 Å². The number of hydrogen-bond donors (Lipinski definition) is 1. The predicted molar refractivity (Wildman–Crippen MR) is 82.5 cm³/mol. The van der Waals surface area contributed by atoms with Crippen molar-refractivity contribution < 1.29 is 4.39 Å². The second-order valence-electron chi connectivity index (χ2n) is 5.27. The molecule has 1 aliphatic heterocycles. The fraction of sp³-hybridized carbons (Fsp3) is 0.312. The van der Waals surface area contributed by atoms with Crippen LogP contribution < -0.4 is 10.6 Å². The molecule has 3 rings (SSSR count). The van der Waals surface area contributed by atoms with E-state index in [1.807, 2.05) is 24.4 Å². The summed E-state index contributed by atoms with van der Waals surface area (Å²) in [6.07, 6.45) is 1.81. The van der Waals surface area contributed by atoms with Crippen LogP contribution in [-0.4, -0.2) is 36.1 Å². The molecule has 21 heavy (non-hydrogen) atoms. The van der Waals surface area contributed by atoms with Gasteiger partial charge in [0, 0.05) is 44.5 Å². The van der Waals surface area contributed by atoms with Crippen molar-refractivity contribution in [2.45, 2.75) is 6.54 Å². The maximum Gasteiger partial charge on any atom is 0.150 e. The molecule has 0 aliphatic carbocycles. The van der Waals surface area contributed by atoms with Crippen LogP contribution in [-0.2, 0) is 6.54 Å². The molecule has 2 heterocycles. The zero-order chi connectivity index (χ0) is 14.7. The standard InChI is InChI=1S/C16H19FN4/c17-16-13(4-3-5-14(16)18)12-20-8-10-21(11-9-20)15-6-1-2-7-19-15/h1-7H,8-12,18H2. The minimum atomic E-state index is -0.287. The third-order valence-corrected chi connectivity index (χ3v) is 3.85. The van der Waals surface area contributed by atoms with Gasteiger partial charge in [0.25, 0.3) is 0 Å². The van der Waals surface area contributed by atoms with Gasteiger partial charge in [-0.25, -0.2) is 9.37 Å². The number of pyridine rings is 1. The third kappa shape index (κ3) is 3.13. The maximum atomic E-state index is 13.9. The van der Waals surface area contributed by atoms with Crippen LogP contribution in [0.5, 0.6) is 0 Å². The van der Waals surface area contributed by atoms with Gasteiger partial charge in [-0.2, -0.15) is 0 Å². The van der Waals surface area contributed by atoms with Crippen molar-refractivity contribution in [3.63, 3.8) is 0 Å². The number of nitrogens with two attached hydrogens (primary N) is 1. The minimum absolute atomic E-state index is 0.222. The van der Waals surface area contributed by atoms with Gasteiger partial charge in [-0.3, -0.25) is 4.90 Å². The Balaban J connectivity index is 1.60. The van der Waals surface area contributed by atoms with Crippen molar-refractivity contribution in [3.05, 3.63) is 54.0 Å². The van der Waals surface area contributed by atoms with Crippen molar-refractivity contribution in [3.8, 4) is 0 Å². The Morgan fingerprint density at radius 2 is 1.86 bits per heavy atom. The summed E-state index contributed by atoms with van der Waals surface area (Å²) in [7, 11) is 0. The van der Waals surface area contributed by atoms with Crippen LogP contribution in [0.15, 0.2) is 42.6 Å². The van der Waals surface area contributed by atoms with Crippen LogP contribution in [0, 0.1) is 5.82 Å². The first-order valence-corrected chi connectivity index (χ1v) is 7.15. The van der Waals surface area contributed by atoms with Crippen molar-refractivity contribution >= 4 is 11.5 Å². The smallest absolute Gasteiger partial charge is 0.150 e. The molecule has 2 aromatic rings. The van der Waals surface area contributed by atoms with Gasteiger partial charge in [0.1, 0.15) is 5.82 Å². The number of halogens is 1. The van der Waals surface area contributed by atoms with Crippen molar-refractivity contribution in [1.82, 2.24) is 9.88 Å². The average molecular weight is 286 g/mol. The average Bonchev–Trinajstić information content (AvgIpc) is 2.53. The summed E-state index contributed by atoms with van der Waals surface area (Å²) < 4.78 is 13.9. The molecule has 0 radical (unpaired) electrons. The van der Waals surface area contributed by atoms with Gasteiger partial charge in [-0.05, 0) is 18.2 Å². The summed E-state index contributed by atoms with van der Waals surface area (Å²) in [4.78, 5) is 8.87. The second-order valence-corrected chi connectivity index (χ2v) is 5.27. The van der Waals surface area contributed by atoms with Gasteiger partial charge < -0.3 is 10.6 Å². The Labute approximate surface area is 124 Å². The van der Waals surface area contributed by atoms with Crippen molar-refractivity contribution in [2.75, 3.05) is 36.8 Å². The zero-order valence-electron chi connectivity index (χ0n) is 11.9. The largest absolute Gasteiger partial charge is 0.396 e. The van der Waals surface area contributed by atoms with Gasteiger partial charge in [0.05, 0.1) is 5.69 Å². The van der Waals surface area contributed by atoms with E-state index in [1.165, 1.54) is 0 Å². The second kappa shape index (κ2) is 6.10. The van der Waals surface area contributed by atoms with Crippen LogP contribution in [0.25, 0.3) is 0 Å². The lowest BCUT2D eigenvalue weighted by Gasteiger charge is -2.35. The number of hydrogen-bond acceptors (Lipinski definition) is 4. The maximum absolute atomic E-state index is 13.9. The van der Waals surface area contributed by atoms with Gasteiger partial charge in [-0.1, -0.05) is 18.2 Å². The monoisotopic (exact) mass is 286 g/mol. The lowest BCUT2D eigenvalue weighted by Crippen LogP contribution is -2.46. The molecule has 0 spiro atoms. The lowest BCUT2D eigenvalue weighted by atomic mass is 10.1. The molecule has 4 nitrogen and oxygen atoms in total.